The number of carbonyl (C=O) groups excluding carboxylic acids is 1. The number of esters is 1. The van der Waals surface area contributed by atoms with Gasteiger partial charge in [0, 0.05) is 0 Å². The lowest BCUT2D eigenvalue weighted by atomic mass is 9.97. The highest BCUT2D eigenvalue weighted by molar-refractivity contribution is 5.79. The Balaban J connectivity index is 3.37. The molecular weight excluding hydrogens is 484 g/mol. The molecule has 0 amide bonds. The van der Waals surface area contributed by atoms with Crippen LogP contribution in [0.25, 0.3) is 0 Å². The van der Waals surface area contributed by atoms with Crippen LogP contribution in [0.1, 0.15) is 174 Å². The Hall–Kier alpha value is -1.58. The van der Waals surface area contributed by atoms with Crippen LogP contribution in [0.4, 0.5) is 0 Å². The smallest absolute Gasteiger partial charge is 0.309 e. The predicted molar refractivity (Wildman–Crippen MR) is 167 cm³/mol. The molecular formula is C35H64O4. The third-order valence-corrected chi connectivity index (χ3v) is 7.66. The second-order valence-corrected chi connectivity index (χ2v) is 11.5. The highest BCUT2D eigenvalue weighted by Gasteiger charge is 2.22. The summed E-state index contributed by atoms with van der Waals surface area (Å²) in [5, 5.41) is 9.02. The molecule has 0 aliphatic rings. The molecule has 1 unspecified atom stereocenters. The van der Waals surface area contributed by atoms with Gasteiger partial charge < -0.3 is 9.84 Å². The lowest BCUT2D eigenvalue weighted by Gasteiger charge is -2.13. The van der Waals surface area contributed by atoms with Crippen molar-refractivity contribution in [2.75, 3.05) is 6.61 Å². The molecule has 4 nitrogen and oxygen atoms in total. The highest BCUT2D eigenvalue weighted by Crippen LogP contribution is 2.18. The average molecular weight is 549 g/mol. The van der Waals surface area contributed by atoms with Crippen molar-refractivity contribution in [1.29, 1.82) is 0 Å². The minimum Gasteiger partial charge on any atom is -0.481 e. The SMILES string of the molecule is C=CCOC(=O)C(CCCCCCCCCCCC/C=C/CCCCCCCCCCCCCC)CC(=O)O. The third kappa shape index (κ3) is 29.2. The van der Waals surface area contributed by atoms with Gasteiger partial charge >= 0.3 is 11.9 Å². The maximum atomic E-state index is 12.0. The molecule has 228 valence electrons. The zero-order valence-corrected chi connectivity index (χ0v) is 25.8. The van der Waals surface area contributed by atoms with Gasteiger partial charge in [0.1, 0.15) is 6.61 Å². The van der Waals surface area contributed by atoms with E-state index < -0.39 is 17.9 Å². The van der Waals surface area contributed by atoms with E-state index in [1.165, 1.54) is 141 Å². The first-order valence-corrected chi connectivity index (χ1v) is 16.8. The molecule has 4 heteroatoms. The van der Waals surface area contributed by atoms with Crippen LogP contribution in [-0.2, 0) is 14.3 Å². The van der Waals surface area contributed by atoms with Crippen molar-refractivity contribution in [3.63, 3.8) is 0 Å². The maximum absolute atomic E-state index is 12.0. The summed E-state index contributed by atoms with van der Waals surface area (Å²) in [4.78, 5) is 23.0. The Bertz CT molecular complexity index is 583. The van der Waals surface area contributed by atoms with Crippen molar-refractivity contribution in [3.05, 3.63) is 24.8 Å². The topological polar surface area (TPSA) is 63.6 Å². The van der Waals surface area contributed by atoms with Gasteiger partial charge in [-0.3, -0.25) is 9.59 Å². The molecule has 0 saturated heterocycles. The van der Waals surface area contributed by atoms with Crippen LogP contribution in [0.2, 0.25) is 0 Å². The number of carboxylic acid groups (broad SMARTS) is 1. The van der Waals surface area contributed by atoms with Gasteiger partial charge in [0.25, 0.3) is 0 Å². The fourth-order valence-corrected chi connectivity index (χ4v) is 5.18. The molecule has 0 aromatic heterocycles. The molecule has 0 spiro atoms. The number of carbonyl (C=O) groups is 2. The first kappa shape index (κ1) is 37.4. The van der Waals surface area contributed by atoms with Crippen LogP contribution in [0, 0.1) is 5.92 Å². The van der Waals surface area contributed by atoms with Crippen LogP contribution >= 0.6 is 0 Å². The van der Waals surface area contributed by atoms with Crippen LogP contribution < -0.4 is 0 Å². The molecule has 0 aromatic carbocycles. The number of hydrogen-bond acceptors (Lipinski definition) is 3. The molecule has 0 bridgehead atoms. The van der Waals surface area contributed by atoms with Crippen molar-refractivity contribution < 1.29 is 19.4 Å². The molecule has 0 aliphatic carbocycles. The van der Waals surface area contributed by atoms with Gasteiger partial charge in [-0.2, -0.15) is 0 Å². The number of allylic oxidation sites excluding steroid dienone is 2. The molecule has 0 rings (SSSR count). The van der Waals surface area contributed by atoms with E-state index in [4.69, 9.17) is 9.84 Å². The van der Waals surface area contributed by atoms with Gasteiger partial charge in [-0.05, 0) is 32.1 Å². The zero-order chi connectivity index (χ0) is 28.7. The molecule has 0 heterocycles. The second kappa shape index (κ2) is 31.0. The third-order valence-electron chi connectivity index (χ3n) is 7.66. The summed E-state index contributed by atoms with van der Waals surface area (Å²) in [6.45, 7) is 5.95. The Morgan fingerprint density at radius 2 is 1.03 bits per heavy atom. The van der Waals surface area contributed by atoms with Gasteiger partial charge in [-0.1, -0.05) is 160 Å². The maximum Gasteiger partial charge on any atom is 0.309 e. The number of unbranched alkanes of at least 4 members (excludes halogenated alkanes) is 22. The second-order valence-electron chi connectivity index (χ2n) is 11.5. The average Bonchev–Trinajstić information content (AvgIpc) is 2.92. The van der Waals surface area contributed by atoms with Gasteiger partial charge in [0.2, 0.25) is 0 Å². The number of carboxylic acids is 1. The monoisotopic (exact) mass is 548 g/mol. The number of aliphatic carboxylic acids is 1. The molecule has 1 N–H and O–H groups in total. The molecule has 39 heavy (non-hydrogen) atoms. The molecule has 0 fully saturated rings. The normalized spacial score (nSPS) is 12.1. The van der Waals surface area contributed by atoms with E-state index in [9.17, 15) is 9.59 Å². The van der Waals surface area contributed by atoms with E-state index in [-0.39, 0.29) is 13.0 Å². The van der Waals surface area contributed by atoms with Crippen molar-refractivity contribution in [2.45, 2.75) is 174 Å². The summed E-state index contributed by atoms with van der Waals surface area (Å²) in [5.74, 6) is -1.89. The first-order valence-electron chi connectivity index (χ1n) is 16.8. The van der Waals surface area contributed by atoms with Crippen LogP contribution in [0.3, 0.4) is 0 Å². The minimum absolute atomic E-state index is 0.144. The van der Waals surface area contributed by atoms with Gasteiger partial charge in [0.05, 0.1) is 12.3 Å². The fraction of sp³-hybridized carbons (Fsp3) is 0.829. The van der Waals surface area contributed by atoms with Gasteiger partial charge in [0.15, 0.2) is 0 Å². The Morgan fingerprint density at radius 3 is 1.41 bits per heavy atom. The van der Waals surface area contributed by atoms with E-state index in [0.29, 0.717) is 6.42 Å². The van der Waals surface area contributed by atoms with E-state index in [1.807, 2.05) is 0 Å². The van der Waals surface area contributed by atoms with E-state index in [0.717, 1.165) is 19.3 Å². The summed E-state index contributed by atoms with van der Waals surface area (Å²) in [5.41, 5.74) is 0. The Labute approximate surface area is 242 Å². The zero-order valence-electron chi connectivity index (χ0n) is 25.8. The summed E-state index contributed by atoms with van der Waals surface area (Å²) in [6, 6.07) is 0. The summed E-state index contributed by atoms with van der Waals surface area (Å²) in [6.07, 6.45) is 38.6. The van der Waals surface area contributed by atoms with Gasteiger partial charge in [-0.25, -0.2) is 0 Å². The largest absolute Gasteiger partial charge is 0.481 e. The van der Waals surface area contributed by atoms with Crippen LogP contribution in [-0.4, -0.2) is 23.7 Å². The Kier molecular flexibility index (Phi) is 29.7. The first-order chi connectivity index (χ1) is 19.1. The fourth-order valence-electron chi connectivity index (χ4n) is 5.18. The lowest BCUT2D eigenvalue weighted by Crippen LogP contribution is -2.21. The number of hydrogen-bond donors (Lipinski definition) is 1. The standard InChI is InChI=1S/C35H64O4/c1-3-5-6-7-8-9-10-11-12-13-14-15-16-17-18-19-20-21-22-23-24-25-26-27-28-29-30-33(32-34(36)37)35(38)39-31-4-2/h4,17-18,33H,2-3,5-16,19-32H2,1H3,(H,36,37)/b18-17+. The number of ether oxygens (including phenoxy) is 1. The van der Waals surface area contributed by atoms with Crippen LogP contribution in [0.5, 0.6) is 0 Å². The molecule has 0 aliphatic heterocycles. The van der Waals surface area contributed by atoms with Crippen molar-refractivity contribution >= 4 is 11.9 Å². The summed E-state index contributed by atoms with van der Waals surface area (Å²) < 4.78 is 5.04. The molecule has 0 radical (unpaired) electrons. The summed E-state index contributed by atoms with van der Waals surface area (Å²) in [7, 11) is 0. The van der Waals surface area contributed by atoms with E-state index >= 15 is 0 Å². The predicted octanol–water partition coefficient (Wildman–Crippen LogP) is 11.1. The number of rotatable bonds is 31. The van der Waals surface area contributed by atoms with Crippen LogP contribution in [0.15, 0.2) is 24.8 Å². The Morgan fingerprint density at radius 1 is 0.641 bits per heavy atom. The van der Waals surface area contributed by atoms with Gasteiger partial charge in [-0.15, -0.1) is 0 Å². The van der Waals surface area contributed by atoms with E-state index in [2.05, 4.69) is 25.7 Å². The quantitative estimate of drug-likeness (QED) is 0.0531. The lowest BCUT2D eigenvalue weighted by molar-refractivity contribution is -0.152. The minimum atomic E-state index is -0.943. The van der Waals surface area contributed by atoms with E-state index in [1.54, 1.807) is 0 Å². The van der Waals surface area contributed by atoms with Crippen molar-refractivity contribution in [1.82, 2.24) is 0 Å². The molecule has 0 saturated carbocycles. The molecule has 0 aromatic rings. The van der Waals surface area contributed by atoms with Crippen molar-refractivity contribution in [2.24, 2.45) is 5.92 Å². The van der Waals surface area contributed by atoms with Crippen molar-refractivity contribution in [3.8, 4) is 0 Å². The summed E-state index contributed by atoms with van der Waals surface area (Å²) >= 11 is 0. The highest BCUT2D eigenvalue weighted by atomic mass is 16.5. The molecule has 1 atom stereocenters.